The zero-order valence-corrected chi connectivity index (χ0v) is 16.5. The lowest BCUT2D eigenvalue weighted by Gasteiger charge is -2.18. The van der Waals surface area contributed by atoms with Gasteiger partial charge in [0.05, 0.1) is 11.9 Å². The number of oxazole rings is 1. The Hall–Kier alpha value is -2.45. The number of rotatable bonds is 5. The van der Waals surface area contributed by atoms with Crippen LogP contribution >= 0.6 is 27.7 Å². The topological polar surface area (TPSA) is 73.6 Å². The molecule has 1 N–H and O–H groups in total. The maximum absolute atomic E-state index is 12.2. The molecule has 0 radical (unpaired) electrons. The number of benzene rings is 2. The third kappa shape index (κ3) is 4.45. The summed E-state index contributed by atoms with van der Waals surface area (Å²) in [6.07, 6.45) is 1.66. The van der Waals surface area contributed by atoms with Gasteiger partial charge >= 0.3 is 0 Å². The largest absolute Gasteiger partial charge is 0.486 e. The van der Waals surface area contributed by atoms with Gasteiger partial charge in [0.2, 0.25) is 5.91 Å². The molecule has 0 saturated carbocycles. The first-order valence-corrected chi connectivity index (χ1v) is 9.99. The fourth-order valence-corrected chi connectivity index (χ4v) is 3.55. The van der Waals surface area contributed by atoms with Crippen LogP contribution in [0.25, 0.3) is 11.3 Å². The maximum Gasteiger partial charge on any atom is 0.256 e. The van der Waals surface area contributed by atoms with Crippen molar-refractivity contribution in [3.05, 3.63) is 53.1 Å². The van der Waals surface area contributed by atoms with Crippen molar-refractivity contribution in [1.82, 2.24) is 4.98 Å². The summed E-state index contributed by atoms with van der Waals surface area (Å²) in [4.78, 5) is 16.4. The van der Waals surface area contributed by atoms with Crippen LogP contribution in [0.3, 0.4) is 0 Å². The van der Waals surface area contributed by atoms with Gasteiger partial charge in [-0.15, -0.1) is 0 Å². The molecule has 0 atom stereocenters. The van der Waals surface area contributed by atoms with E-state index in [1.807, 2.05) is 24.3 Å². The number of aromatic nitrogens is 1. The van der Waals surface area contributed by atoms with Crippen LogP contribution in [0.2, 0.25) is 0 Å². The van der Waals surface area contributed by atoms with Crippen LogP contribution in [0.1, 0.15) is 0 Å². The molecule has 27 heavy (non-hydrogen) atoms. The second-order valence-electron chi connectivity index (χ2n) is 5.70. The van der Waals surface area contributed by atoms with E-state index in [-0.39, 0.29) is 11.7 Å². The van der Waals surface area contributed by atoms with Crippen LogP contribution in [0.15, 0.2) is 62.8 Å². The number of hydrogen-bond donors (Lipinski definition) is 1. The van der Waals surface area contributed by atoms with E-state index in [1.54, 1.807) is 24.4 Å². The lowest BCUT2D eigenvalue weighted by atomic mass is 10.2. The van der Waals surface area contributed by atoms with Gasteiger partial charge in [0.25, 0.3) is 5.22 Å². The molecule has 0 aliphatic carbocycles. The Bertz CT molecular complexity index is 976. The quantitative estimate of drug-likeness (QED) is 0.576. The van der Waals surface area contributed by atoms with Crippen LogP contribution in [0.5, 0.6) is 11.5 Å². The zero-order chi connectivity index (χ0) is 18.6. The minimum absolute atomic E-state index is 0.154. The normalized spacial score (nSPS) is 12.6. The first-order valence-electron chi connectivity index (χ1n) is 8.21. The smallest absolute Gasteiger partial charge is 0.256 e. The van der Waals surface area contributed by atoms with E-state index in [2.05, 4.69) is 26.2 Å². The van der Waals surface area contributed by atoms with E-state index in [0.29, 0.717) is 41.4 Å². The van der Waals surface area contributed by atoms with Crippen molar-refractivity contribution in [1.29, 1.82) is 0 Å². The fraction of sp³-hybridized carbons (Fsp3) is 0.158. The third-order valence-electron chi connectivity index (χ3n) is 3.75. The molecule has 6 nitrogen and oxygen atoms in total. The molecule has 2 aromatic carbocycles. The number of anilines is 1. The number of carbonyl (C=O) groups excluding carboxylic acids is 1. The van der Waals surface area contributed by atoms with Gasteiger partial charge in [-0.3, -0.25) is 4.79 Å². The van der Waals surface area contributed by atoms with Crippen LogP contribution in [-0.2, 0) is 4.79 Å². The van der Waals surface area contributed by atoms with Crippen molar-refractivity contribution >= 4 is 39.3 Å². The van der Waals surface area contributed by atoms with Crippen LogP contribution in [0, 0.1) is 0 Å². The lowest BCUT2D eigenvalue weighted by molar-refractivity contribution is -0.113. The van der Waals surface area contributed by atoms with Crippen molar-refractivity contribution < 1.29 is 18.7 Å². The Morgan fingerprint density at radius 1 is 1.15 bits per heavy atom. The molecule has 2 heterocycles. The lowest BCUT2D eigenvalue weighted by Crippen LogP contribution is -2.17. The van der Waals surface area contributed by atoms with Gasteiger partial charge in [-0.05, 0) is 24.3 Å². The number of thioether (sulfide) groups is 1. The van der Waals surface area contributed by atoms with Gasteiger partial charge in [0.15, 0.2) is 17.3 Å². The number of nitrogens with zero attached hydrogens (tertiary/aromatic N) is 1. The summed E-state index contributed by atoms with van der Waals surface area (Å²) in [5, 5.41) is 3.28. The molecule has 1 aliphatic rings. The molecule has 4 rings (SSSR count). The highest BCUT2D eigenvalue weighted by Gasteiger charge is 2.14. The SMILES string of the molecule is O=C(CSc1ncc(-c2cccc(Br)c2)o1)Nc1ccc2c(c1)OCCO2. The second-order valence-corrected chi connectivity index (χ2v) is 7.54. The monoisotopic (exact) mass is 446 g/mol. The van der Waals surface area contributed by atoms with Crippen molar-refractivity contribution in [2.24, 2.45) is 0 Å². The van der Waals surface area contributed by atoms with Crippen molar-refractivity contribution in [3.63, 3.8) is 0 Å². The first-order chi connectivity index (χ1) is 13.2. The highest BCUT2D eigenvalue weighted by molar-refractivity contribution is 9.10. The van der Waals surface area contributed by atoms with Gasteiger partial charge < -0.3 is 19.2 Å². The predicted octanol–water partition coefficient (Wildman–Crippen LogP) is 4.61. The van der Waals surface area contributed by atoms with E-state index in [1.165, 1.54) is 11.8 Å². The maximum atomic E-state index is 12.2. The summed E-state index contributed by atoms with van der Waals surface area (Å²) in [6, 6.07) is 13.1. The van der Waals surface area contributed by atoms with Crippen LogP contribution < -0.4 is 14.8 Å². The molecule has 0 unspecified atom stereocenters. The number of fused-ring (bicyclic) bond motifs is 1. The van der Waals surface area contributed by atoms with Crippen molar-refractivity contribution in [2.75, 3.05) is 24.3 Å². The van der Waals surface area contributed by atoms with E-state index in [4.69, 9.17) is 13.9 Å². The van der Waals surface area contributed by atoms with E-state index < -0.39 is 0 Å². The molecule has 0 bridgehead atoms. The molecule has 1 aromatic heterocycles. The highest BCUT2D eigenvalue weighted by Crippen LogP contribution is 2.33. The van der Waals surface area contributed by atoms with Gasteiger partial charge in [-0.25, -0.2) is 4.98 Å². The molecule has 8 heteroatoms. The summed E-state index contributed by atoms with van der Waals surface area (Å²) in [7, 11) is 0. The molecule has 138 valence electrons. The zero-order valence-electron chi connectivity index (χ0n) is 14.1. The number of hydrogen-bond acceptors (Lipinski definition) is 6. The molecular formula is C19H15BrN2O4S. The number of ether oxygens (including phenoxy) is 2. The fourth-order valence-electron chi connectivity index (χ4n) is 2.55. The minimum Gasteiger partial charge on any atom is -0.486 e. The van der Waals surface area contributed by atoms with Gasteiger partial charge in [0, 0.05) is 21.8 Å². The molecule has 1 amide bonds. The molecule has 0 saturated heterocycles. The molecular weight excluding hydrogens is 432 g/mol. The summed E-state index contributed by atoms with van der Waals surface area (Å²) in [5.41, 5.74) is 1.58. The van der Waals surface area contributed by atoms with Crippen molar-refractivity contribution in [3.8, 4) is 22.8 Å². The molecule has 0 fully saturated rings. The Balaban J connectivity index is 1.34. The summed E-state index contributed by atoms with van der Waals surface area (Å²) < 4.78 is 17.7. The Morgan fingerprint density at radius 3 is 2.85 bits per heavy atom. The first kappa shape index (κ1) is 17.9. The molecule has 1 aliphatic heterocycles. The number of nitrogens with one attached hydrogen (secondary N) is 1. The van der Waals surface area contributed by atoms with Crippen LogP contribution in [0.4, 0.5) is 5.69 Å². The highest BCUT2D eigenvalue weighted by atomic mass is 79.9. The Kier molecular flexibility index (Phi) is 5.35. The second kappa shape index (κ2) is 8.06. The standard InChI is InChI=1S/C19H15BrN2O4S/c20-13-3-1-2-12(8-13)17-10-21-19(26-17)27-11-18(23)22-14-4-5-15-16(9-14)25-7-6-24-15/h1-5,8-10H,6-7,11H2,(H,22,23). The number of halogens is 1. The van der Waals surface area contributed by atoms with Gasteiger partial charge in [0.1, 0.15) is 13.2 Å². The predicted molar refractivity (Wildman–Crippen MR) is 106 cm³/mol. The Labute approximate surface area is 168 Å². The Morgan fingerprint density at radius 2 is 2.00 bits per heavy atom. The average Bonchev–Trinajstić information content (AvgIpc) is 3.15. The molecule has 0 spiro atoms. The average molecular weight is 447 g/mol. The van der Waals surface area contributed by atoms with Gasteiger partial charge in [-0.2, -0.15) is 0 Å². The van der Waals surface area contributed by atoms with E-state index in [0.717, 1.165) is 10.0 Å². The summed E-state index contributed by atoms with van der Waals surface area (Å²) in [5.74, 6) is 2.02. The van der Waals surface area contributed by atoms with E-state index in [9.17, 15) is 4.79 Å². The van der Waals surface area contributed by atoms with Crippen LogP contribution in [-0.4, -0.2) is 29.9 Å². The third-order valence-corrected chi connectivity index (χ3v) is 5.08. The van der Waals surface area contributed by atoms with Gasteiger partial charge in [-0.1, -0.05) is 39.8 Å². The molecule has 3 aromatic rings. The van der Waals surface area contributed by atoms with E-state index >= 15 is 0 Å². The number of carbonyl (C=O) groups is 1. The summed E-state index contributed by atoms with van der Waals surface area (Å²) >= 11 is 4.67. The summed E-state index contributed by atoms with van der Waals surface area (Å²) in [6.45, 7) is 1.04. The number of amides is 1. The van der Waals surface area contributed by atoms with Crippen molar-refractivity contribution in [2.45, 2.75) is 5.22 Å². The minimum atomic E-state index is -0.154.